The number of hydrogen-bond donors (Lipinski definition) is 1. The topological polar surface area (TPSA) is 12.5 Å². The highest BCUT2D eigenvalue weighted by molar-refractivity contribution is 7.80. The maximum absolute atomic E-state index is 5.48. The third-order valence-corrected chi connectivity index (χ3v) is 4.61. The molecular weight excluding hydrogens is 242 g/mol. The first-order chi connectivity index (χ1) is 8.65. The SMILES string of the molecule is Cc1ccc(N(C)CC2(CS)CCOCC2)cc1. The average molecular weight is 265 g/mol. The van der Waals surface area contributed by atoms with Gasteiger partial charge in [0.25, 0.3) is 0 Å². The fraction of sp³-hybridized carbons (Fsp3) is 0.600. The molecule has 1 aliphatic heterocycles. The van der Waals surface area contributed by atoms with Gasteiger partial charge in [0, 0.05) is 37.9 Å². The smallest absolute Gasteiger partial charge is 0.0472 e. The van der Waals surface area contributed by atoms with Gasteiger partial charge in [0.05, 0.1) is 0 Å². The molecule has 2 rings (SSSR count). The van der Waals surface area contributed by atoms with Gasteiger partial charge in [-0.15, -0.1) is 0 Å². The van der Waals surface area contributed by atoms with Crippen LogP contribution in [0.25, 0.3) is 0 Å². The molecule has 0 saturated carbocycles. The molecule has 0 amide bonds. The second kappa shape index (κ2) is 5.98. The second-order valence-corrected chi connectivity index (χ2v) is 5.78. The summed E-state index contributed by atoms with van der Waals surface area (Å²) in [5.74, 6) is 0.937. The van der Waals surface area contributed by atoms with Gasteiger partial charge < -0.3 is 9.64 Å². The van der Waals surface area contributed by atoms with Crippen molar-refractivity contribution in [2.75, 3.05) is 37.5 Å². The largest absolute Gasteiger partial charge is 0.381 e. The molecule has 0 aliphatic carbocycles. The molecule has 1 fully saturated rings. The fourth-order valence-corrected chi connectivity index (χ4v) is 2.98. The summed E-state index contributed by atoms with van der Waals surface area (Å²) in [5, 5.41) is 0. The summed E-state index contributed by atoms with van der Waals surface area (Å²) in [6.45, 7) is 4.94. The standard InChI is InChI=1S/C15H23NOS/c1-13-3-5-14(6-4-13)16(2)11-15(12-18)7-9-17-10-8-15/h3-6,18H,7-12H2,1-2H3. The van der Waals surface area contributed by atoms with Crippen LogP contribution in [0.15, 0.2) is 24.3 Å². The van der Waals surface area contributed by atoms with Crippen molar-refractivity contribution in [1.29, 1.82) is 0 Å². The van der Waals surface area contributed by atoms with Gasteiger partial charge in [-0.3, -0.25) is 0 Å². The van der Waals surface area contributed by atoms with Gasteiger partial charge in [0.2, 0.25) is 0 Å². The van der Waals surface area contributed by atoms with E-state index in [-0.39, 0.29) is 0 Å². The highest BCUT2D eigenvalue weighted by atomic mass is 32.1. The summed E-state index contributed by atoms with van der Waals surface area (Å²) in [4.78, 5) is 2.35. The predicted octanol–water partition coefficient (Wildman–Crippen LogP) is 3.16. The Morgan fingerprint density at radius 3 is 2.39 bits per heavy atom. The van der Waals surface area contributed by atoms with Crippen molar-refractivity contribution in [3.8, 4) is 0 Å². The lowest BCUT2D eigenvalue weighted by atomic mass is 9.81. The zero-order chi connectivity index (χ0) is 13.0. The number of thiol groups is 1. The van der Waals surface area contributed by atoms with Crippen molar-refractivity contribution < 1.29 is 4.74 Å². The van der Waals surface area contributed by atoms with Crippen LogP contribution >= 0.6 is 12.6 Å². The van der Waals surface area contributed by atoms with Crippen LogP contribution in [-0.2, 0) is 4.74 Å². The van der Waals surface area contributed by atoms with E-state index in [1.165, 1.54) is 11.3 Å². The Kier molecular flexibility index (Phi) is 4.57. The Morgan fingerprint density at radius 1 is 1.22 bits per heavy atom. The monoisotopic (exact) mass is 265 g/mol. The minimum atomic E-state index is 0.307. The zero-order valence-corrected chi connectivity index (χ0v) is 12.2. The van der Waals surface area contributed by atoms with Crippen LogP contribution < -0.4 is 4.90 Å². The number of ether oxygens (including phenoxy) is 1. The highest BCUT2D eigenvalue weighted by Gasteiger charge is 2.32. The molecule has 1 heterocycles. The minimum absolute atomic E-state index is 0.307. The van der Waals surface area contributed by atoms with Crippen molar-refractivity contribution in [3.63, 3.8) is 0 Å². The molecule has 0 atom stereocenters. The lowest BCUT2D eigenvalue weighted by Crippen LogP contribution is -2.41. The molecule has 3 heteroatoms. The van der Waals surface area contributed by atoms with E-state index in [0.29, 0.717) is 5.41 Å². The van der Waals surface area contributed by atoms with Crippen LogP contribution in [0.4, 0.5) is 5.69 Å². The molecule has 1 aromatic rings. The Bertz CT molecular complexity index is 371. The number of hydrogen-bond acceptors (Lipinski definition) is 3. The third kappa shape index (κ3) is 3.21. The quantitative estimate of drug-likeness (QED) is 0.840. The predicted molar refractivity (Wildman–Crippen MR) is 80.8 cm³/mol. The van der Waals surface area contributed by atoms with Crippen molar-refractivity contribution in [1.82, 2.24) is 0 Å². The van der Waals surface area contributed by atoms with Gasteiger partial charge in [-0.25, -0.2) is 0 Å². The summed E-state index contributed by atoms with van der Waals surface area (Å²) < 4.78 is 5.48. The Labute approximate surface area is 116 Å². The van der Waals surface area contributed by atoms with Crippen LogP contribution in [0.5, 0.6) is 0 Å². The number of aryl methyl sites for hydroxylation is 1. The van der Waals surface area contributed by atoms with Crippen LogP contribution in [0, 0.1) is 12.3 Å². The maximum Gasteiger partial charge on any atom is 0.0472 e. The average Bonchev–Trinajstić information content (AvgIpc) is 2.40. The van der Waals surface area contributed by atoms with Gasteiger partial charge in [0.15, 0.2) is 0 Å². The van der Waals surface area contributed by atoms with E-state index in [1.54, 1.807) is 0 Å². The van der Waals surface area contributed by atoms with Gasteiger partial charge >= 0.3 is 0 Å². The van der Waals surface area contributed by atoms with Crippen LogP contribution in [0.3, 0.4) is 0 Å². The van der Waals surface area contributed by atoms with Gasteiger partial charge in [-0.1, -0.05) is 17.7 Å². The third-order valence-electron chi connectivity index (χ3n) is 3.94. The number of anilines is 1. The fourth-order valence-electron chi connectivity index (χ4n) is 2.56. The van der Waals surface area contributed by atoms with Crippen LogP contribution in [-0.4, -0.2) is 32.6 Å². The summed E-state index contributed by atoms with van der Waals surface area (Å²) in [7, 11) is 2.17. The van der Waals surface area contributed by atoms with E-state index in [0.717, 1.165) is 38.4 Å². The Balaban J connectivity index is 2.04. The van der Waals surface area contributed by atoms with Crippen molar-refractivity contribution in [3.05, 3.63) is 29.8 Å². The molecule has 0 N–H and O–H groups in total. The Morgan fingerprint density at radius 2 is 1.83 bits per heavy atom. The van der Waals surface area contributed by atoms with Crippen LogP contribution in [0.1, 0.15) is 18.4 Å². The first-order valence-electron chi connectivity index (χ1n) is 6.62. The first kappa shape index (κ1) is 13.8. The van der Waals surface area contributed by atoms with E-state index in [2.05, 4.69) is 55.8 Å². The van der Waals surface area contributed by atoms with E-state index in [4.69, 9.17) is 4.74 Å². The van der Waals surface area contributed by atoms with E-state index < -0.39 is 0 Å². The first-order valence-corrected chi connectivity index (χ1v) is 7.25. The number of rotatable bonds is 4. The molecule has 0 bridgehead atoms. The summed E-state index contributed by atoms with van der Waals surface area (Å²) in [6.07, 6.45) is 2.24. The lowest BCUT2D eigenvalue weighted by molar-refractivity contribution is 0.0301. The van der Waals surface area contributed by atoms with Gasteiger partial charge in [-0.05, 0) is 37.7 Å². The molecular formula is C15H23NOS. The number of benzene rings is 1. The normalized spacial score (nSPS) is 18.6. The molecule has 1 aliphatic rings. The van der Waals surface area contributed by atoms with Gasteiger partial charge in [-0.2, -0.15) is 12.6 Å². The molecule has 100 valence electrons. The summed E-state index contributed by atoms with van der Waals surface area (Å²) in [5.41, 5.74) is 2.90. The van der Waals surface area contributed by atoms with Gasteiger partial charge in [0.1, 0.15) is 0 Å². The number of nitrogens with zero attached hydrogens (tertiary/aromatic N) is 1. The molecule has 0 spiro atoms. The van der Waals surface area contributed by atoms with E-state index in [9.17, 15) is 0 Å². The zero-order valence-electron chi connectivity index (χ0n) is 11.4. The summed E-state index contributed by atoms with van der Waals surface area (Å²) in [6, 6.07) is 8.73. The molecule has 18 heavy (non-hydrogen) atoms. The van der Waals surface area contributed by atoms with E-state index >= 15 is 0 Å². The van der Waals surface area contributed by atoms with Crippen molar-refractivity contribution in [2.45, 2.75) is 19.8 Å². The molecule has 0 unspecified atom stereocenters. The summed E-state index contributed by atoms with van der Waals surface area (Å²) >= 11 is 4.57. The molecule has 0 aromatic heterocycles. The maximum atomic E-state index is 5.48. The van der Waals surface area contributed by atoms with Crippen molar-refractivity contribution >= 4 is 18.3 Å². The Hall–Kier alpha value is -0.670. The van der Waals surface area contributed by atoms with Crippen molar-refractivity contribution in [2.24, 2.45) is 5.41 Å². The lowest BCUT2D eigenvalue weighted by Gasteiger charge is -2.39. The molecule has 2 nitrogen and oxygen atoms in total. The molecule has 1 aromatic carbocycles. The van der Waals surface area contributed by atoms with E-state index in [1.807, 2.05) is 0 Å². The minimum Gasteiger partial charge on any atom is -0.381 e. The van der Waals surface area contributed by atoms with Crippen LogP contribution in [0.2, 0.25) is 0 Å². The second-order valence-electron chi connectivity index (χ2n) is 5.46. The molecule has 0 radical (unpaired) electrons. The molecule has 1 saturated heterocycles. The highest BCUT2D eigenvalue weighted by Crippen LogP contribution is 2.33.